The van der Waals surface area contributed by atoms with Crippen molar-refractivity contribution in [3.05, 3.63) is 29.6 Å². The molecule has 0 radical (unpaired) electrons. The van der Waals surface area contributed by atoms with Crippen molar-refractivity contribution in [3.8, 4) is 5.75 Å². The summed E-state index contributed by atoms with van der Waals surface area (Å²) in [5.41, 5.74) is -0.661. The van der Waals surface area contributed by atoms with E-state index in [0.717, 1.165) is 12.1 Å². The van der Waals surface area contributed by atoms with Gasteiger partial charge in [-0.05, 0) is 38.3 Å². The highest BCUT2D eigenvalue weighted by molar-refractivity contribution is 5.90. The number of ether oxygens (including phenoxy) is 2. The average molecular weight is 338 g/mol. The fourth-order valence-electron chi connectivity index (χ4n) is 1.83. The number of esters is 1. The van der Waals surface area contributed by atoms with Gasteiger partial charge in [-0.1, -0.05) is 0 Å². The van der Waals surface area contributed by atoms with E-state index in [2.05, 4.69) is 4.74 Å². The Bertz CT molecular complexity index is 517. The number of hydrogen-bond donors (Lipinski definition) is 1. The monoisotopic (exact) mass is 338 g/mol. The second-order valence-electron chi connectivity index (χ2n) is 4.79. The molecule has 0 fully saturated rings. The number of carbonyl (C=O) groups is 1. The predicted molar refractivity (Wildman–Crippen MR) is 73.7 cm³/mol. The van der Waals surface area contributed by atoms with E-state index in [0.29, 0.717) is 25.7 Å². The maximum atomic E-state index is 13.5. The van der Waals surface area contributed by atoms with Gasteiger partial charge >= 0.3 is 12.1 Å². The Balaban J connectivity index is 2.67. The average Bonchev–Trinajstić information content (AvgIpc) is 2.44. The van der Waals surface area contributed by atoms with Crippen LogP contribution in [0.5, 0.6) is 5.75 Å². The lowest BCUT2D eigenvalue weighted by Crippen LogP contribution is -2.34. The van der Waals surface area contributed by atoms with E-state index in [1.54, 1.807) is 6.92 Å². The van der Waals surface area contributed by atoms with E-state index in [9.17, 15) is 22.4 Å². The minimum absolute atomic E-state index is 0.148. The van der Waals surface area contributed by atoms with Crippen molar-refractivity contribution < 1.29 is 36.9 Å². The van der Waals surface area contributed by atoms with Crippen LogP contribution in [0.15, 0.2) is 18.2 Å². The molecular weight excluding hydrogens is 320 g/mol. The third kappa shape index (κ3) is 6.43. The lowest BCUT2D eigenvalue weighted by atomic mass is 10.1. The zero-order chi connectivity index (χ0) is 17.5. The molecule has 1 N–H and O–H groups in total. The van der Waals surface area contributed by atoms with Crippen LogP contribution in [0, 0.1) is 5.82 Å². The number of rotatable bonds is 8. The van der Waals surface area contributed by atoms with Gasteiger partial charge in [-0.15, -0.1) is 0 Å². The van der Waals surface area contributed by atoms with Crippen molar-refractivity contribution >= 4 is 5.97 Å². The van der Waals surface area contributed by atoms with Crippen LogP contribution in [0.4, 0.5) is 17.6 Å². The molecule has 8 heteroatoms. The van der Waals surface area contributed by atoms with Gasteiger partial charge in [0, 0.05) is 19.3 Å². The molecule has 0 saturated carbocycles. The molecule has 130 valence electrons. The Hall–Kier alpha value is -1.83. The van der Waals surface area contributed by atoms with Crippen molar-refractivity contribution in [2.45, 2.75) is 38.5 Å². The molecule has 0 aliphatic rings. The predicted octanol–water partition coefficient (Wildman–Crippen LogP) is 3.83. The number of benzene rings is 1. The topological polar surface area (TPSA) is 55.8 Å². The molecule has 0 aliphatic carbocycles. The van der Waals surface area contributed by atoms with Crippen LogP contribution >= 0.6 is 0 Å². The maximum Gasteiger partial charge on any atom is 0.425 e. The summed E-state index contributed by atoms with van der Waals surface area (Å²) in [4.78, 5) is 11.7. The first-order chi connectivity index (χ1) is 10.8. The molecule has 0 bridgehead atoms. The number of hydrogen-bond acceptors (Lipinski definition) is 4. The van der Waals surface area contributed by atoms with Crippen molar-refractivity contribution in [3.63, 3.8) is 0 Å². The van der Waals surface area contributed by atoms with Crippen molar-refractivity contribution in [1.82, 2.24) is 0 Å². The van der Waals surface area contributed by atoms with Gasteiger partial charge in [0.2, 0.25) is 0 Å². The number of aromatic hydroxyl groups is 1. The quantitative estimate of drug-likeness (QED) is 0.445. The summed E-state index contributed by atoms with van der Waals surface area (Å²) in [6, 6.07) is 2.49. The molecule has 0 saturated heterocycles. The lowest BCUT2D eigenvalue weighted by Gasteiger charge is -2.20. The Labute approximate surface area is 131 Å². The fraction of sp³-hybridized carbons (Fsp3) is 0.533. The molecule has 0 spiro atoms. The molecule has 1 atom stereocenters. The van der Waals surface area contributed by atoms with E-state index in [1.807, 2.05) is 0 Å². The summed E-state index contributed by atoms with van der Waals surface area (Å²) in [6.07, 6.45) is -6.94. The first kappa shape index (κ1) is 19.2. The molecule has 23 heavy (non-hydrogen) atoms. The van der Waals surface area contributed by atoms with Crippen molar-refractivity contribution in [1.29, 1.82) is 0 Å². The zero-order valence-corrected chi connectivity index (χ0v) is 12.5. The number of phenols is 1. The standard InChI is InChI=1S/C15H18F4O4/c1-2-22-8-4-3-5-13(15(17,18)19)23-14(21)11-7-6-10(20)9-12(11)16/h6-7,9,13,20H,2-5,8H2,1H3/t13-/m1/s1. The van der Waals surface area contributed by atoms with Gasteiger partial charge in [0.25, 0.3) is 0 Å². The Morgan fingerprint density at radius 1 is 1.30 bits per heavy atom. The normalized spacial score (nSPS) is 12.9. The number of halogens is 4. The van der Waals surface area contributed by atoms with Gasteiger partial charge < -0.3 is 14.6 Å². The van der Waals surface area contributed by atoms with Crippen LogP contribution < -0.4 is 0 Å². The number of alkyl halides is 3. The van der Waals surface area contributed by atoms with Crippen LogP contribution in [-0.4, -0.2) is 36.6 Å². The highest BCUT2D eigenvalue weighted by Crippen LogP contribution is 2.28. The van der Waals surface area contributed by atoms with Crippen molar-refractivity contribution in [2.75, 3.05) is 13.2 Å². The number of phenolic OH excluding ortho intramolecular Hbond substituents is 1. The van der Waals surface area contributed by atoms with Gasteiger partial charge in [-0.2, -0.15) is 13.2 Å². The van der Waals surface area contributed by atoms with E-state index in [4.69, 9.17) is 9.84 Å². The lowest BCUT2D eigenvalue weighted by molar-refractivity contribution is -0.206. The third-order valence-electron chi connectivity index (χ3n) is 3.00. The molecule has 1 rings (SSSR count). The van der Waals surface area contributed by atoms with E-state index < -0.39 is 41.8 Å². The Kier molecular flexibility index (Phi) is 7.28. The van der Waals surface area contributed by atoms with Crippen LogP contribution in [0.2, 0.25) is 0 Å². The number of carbonyl (C=O) groups excluding carboxylic acids is 1. The van der Waals surface area contributed by atoms with Gasteiger partial charge in [-0.3, -0.25) is 0 Å². The van der Waals surface area contributed by atoms with Gasteiger partial charge in [0.1, 0.15) is 11.6 Å². The SMILES string of the molecule is CCOCCCC[C@@H](OC(=O)c1ccc(O)cc1F)C(F)(F)F. The molecule has 4 nitrogen and oxygen atoms in total. The molecule has 0 heterocycles. The fourth-order valence-corrected chi connectivity index (χ4v) is 1.83. The molecular formula is C15H18F4O4. The van der Waals surface area contributed by atoms with Crippen molar-refractivity contribution in [2.24, 2.45) is 0 Å². The molecule has 0 aromatic heterocycles. The second-order valence-corrected chi connectivity index (χ2v) is 4.79. The molecule has 0 unspecified atom stereocenters. The highest BCUT2D eigenvalue weighted by Gasteiger charge is 2.42. The molecule has 1 aromatic rings. The zero-order valence-electron chi connectivity index (χ0n) is 12.5. The van der Waals surface area contributed by atoms with Gasteiger partial charge in [0.15, 0.2) is 6.10 Å². The summed E-state index contributed by atoms with van der Waals surface area (Å²) < 4.78 is 61.6. The van der Waals surface area contributed by atoms with Crippen LogP contribution in [-0.2, 0) is 9.47 Å². The summed E-state index contributed by atoms with van der Waals surface area (Å²) in [6.45, 7) is 2.56. The van der Waals surface area contributed by atoms with E-state index in [1.165, 1.54) is 0 Å². The first-order valence-electron chi connectivity index (χ1n) is 7.09. The first-order valence-corrected chi connectivity index (χ1v) is 7.09. The summed E-state index contributed by atoms with van der Waals surface area (Å²) in [5, 5.41) is 9.03. The minimum atomic E-state index is -4.74. The second kappa shape index (κ2) is 8.71. The smallest absolute Gasteiger partial charge is 0.425 e. The highest BCUT2D eigenvalue weighted by atomic mass is 19.4. The number of unbranched alkanes of at least 4 members (excludes halogenated alkanes) is 1. The van der Waals surface area contributed by atoms with Crippen LogP contribution in [0.25, 0.3) is 0 Å². The van der Waals surface area contributed by atoms with E-state index in [-0.39, 0.29) is 6.42 Å². The summed E-state index contributed by atoms with van der Waals surface area (Å²) in [7, 11) is 0. The minimum Gasteiger partial charge on any atom is -0.508 e. The third-order valence-corrected chi connectivity index (χ3v) is 3.00. The van der Waals surface area contributed by atoms with Crippen LogP contribution in [0.3, 0.4) is 0 Å². The molecule has 1 aromatic carbocycles. The molecule has 0 aliphatic heterocycles. The summed E-state index contributed by atoms with van der Waals surface area (Å²) in [5.74, 6) is -3.01. The van der Waals surface area contributed by atoms with Crippen LogP contribution in [0.1, 0.15) is 36.5 Å². The molecule has 0 amide bonds. The van der Waals surface area contributed by atoms with Gasteiger partial charge in [0.05, 0.1) is 5.56 Å². The Morgan fingerprint density at radius 3 is 2.57 bits per heavy atom. The Morgan fingerprint density at radius 2 is 2.00 bits per heavy atom. The maximum absolute atomic E-state index is 13.5. The summed E-state index contributed by atoms with van der Waals surface area (Å²) >= 11 is 0. The largest absolute Gasteiger partial charge is 0.508 e. The van der Waals surface area contributed by atoms with E-state index >= 15 is 0 Å². The van der Waals surface area contributed by atoms with Gasteiger partial charge in [-0.25, -0.2) is 9.18 Å².